The molecule has 128 valence electrons. The van der Waals surface area contributed by atoms with Gasteiger partial charge in [-0.3, -0.25) is 4.79 Å². The number of hydrogen-bond donors (Lipinski definition) is 2. The van der Waals surface area contributed by atoms with Gasteiger partial charge in [0, 0.05) is 11.6 Å². The van der Waals surface area contributed by atoms with E-state index in [-0.39, 0.29) is 17.2 Å². The second-order valence-corrected chi connectivity index (χ2v) is 7.95. The van der Waals surface area contributed by atoms with Gasteiger partial charge in [0.05, 0.1) is 7.11 Å². The highest BCUT2D eigenvalue weighted by Gasteiger charge is 2.51. The molecule has 4 fully saturated rings. The van der Waals surface area contributed by atoms with Crippen LogP contribution in [0.4, 0.5) is 0 Å². The summed E-state index contributed by atoms with van der Waals surface area (Å²) in [6, 6.07) is 5.08. The van der Waals surface area contributed by atoms with Crippen molar-refractivity contribution in [2.75, 3.05) is 7.11 Å². The zero-order valence-electron chi connectivity index (χ0n) is 14.1. The first-order valence-corrected chi connectivity index (χ1v) is 8.92. The highest BCUT2D eigenvalue weighted by molar-refractivity contribution is 5.92. The number of methoxy groups -OCH3 is 1. The number of phenolic OH excluding ortho intramolecular Hbond substituents is 1. The minimum absolute atomic E-state index is 0.0102. The van der Waals surface area contributed by atoms with E-state index in [1.165, 1.54) is 26.4 Å². The Morgan fingerprint density at radius 2 is 1.83 bits per heavy atom. The van der Waals surface area contributed by atoms with E-state index in [2.05, 4.69) is 5.32 Å². The molecule has 0 saturated heterocycles. The van der Waals surface area contributed by atoms with Crippen LogP contribution >= 0.6 is 0 Å². The van der Waals surface area contributed by atoms with Crippen molar-refractivity contribution in [3.63, 3.8) is 0 Å². The number of rotatable bonds is 4. The lowest BCUT2D eigenvalue weighted by atomic mass is 9.53. The molecular weight excluding hydrogens is 302 g/mol. The van der Waals surface area contributed by atoms with Gasteiger partial charge >= 0.3 is 0 Å². The van der Waals surface area contributed by atoms with Gasteiger partial charge in [-0.1, -0.05) is 6.07 Å². The molecule has 1 amide bonds. The second-order valence-electron chi connectivity index (χ2n) is 7.95. The Morgan fingerprint density at radius 3 is 2.42 bits per heavy atom. The summed E-state index contributed by atoms with van der Waals surface area (Å²) in [4.78, 5) is 12.4. The van der Waals surface area contributed by atoms with Gasteiger partial charge in [0.15, 0.2) is 11.5 Å². The van der Waals surface area contributed by atoms with Crippen LogP contribution in [0.25, 0.3) is 6.08 Å². The number of amides is 1. The SMILES string of the molecule is COc1cc(/C=C/C(=O)NC23CC4CC(CC(C4)C2)C3)ccc1O. The van der Waals surface area contributed by atoms with Gasteiger partial charge in [-0.15, -0.1) is 0 Å². The number of carbonyl (C=O) groups is 1. The van der Waals surface area contributed by atoms with E-state index in [0.717, 1.165) is 42.6 Å². The Kier molecular flexibility index (Phi) is 3.78. The molecule has 4 aliphatic carbocycles. The molecule has 0 atom stereocenters. The average Bonchev–Trinajstić information content (AvgIpc) is 2.52. The van der Waals surface area contributed by atoms with E-state index >= 15 is 0 Å². The number of aromatic hydroxyl groups is 1. The fraction of sp³-hybridized carbons (Fsp3) is 0.550. The summed E-state index contributed by atoms with van der Waals surface area (Å²) >= 11 is 0. The van der Waals surface area contributed by atoms with E-state index in [1.807, 2.05) is 0 Å². The van der Waals surface area contributed by atoms with Crippen LogP contribution in [-0.2, 0) is 4.79 Å². The largest absolute Gasteiger partial charge is 0.504 e. The van der Waals surface area contributed by atoms with Crippen LogP contribution in [-0.4, -0.2) is 23.7 Å². The minimum Gasteiger partial charge on any atom is -0.504 e. The molecule has 1 aromatic rings. The van der Waals surface area contributed by atoms with Crippen molar-refractivity contribution in [3.05, 3.63) is 29.8 Å². The van der Waals surface area contributed by atoms with Crippen molar-refractivity contribution in [3.8, 4) is 11.5 Å². The highest BCUT2D eigenvalue weighted by atomic mass is 16.5. The summed E-state index contributed by atoms with van der Waals surface area (Å²) in [6.07, 6.45) is 11.0. The minimum atomic E-state index is -0.0102. The smallest absolute Gasteiger partial charge is 0.244 e. The van der Waals surface area contributed by atoms with Crippen LogP contribution in [0.3, 0.4) is 0 Å². The van der Waals surface area contributed by atoms with Crippen LogP contribution in [0.2, 0.25) is 0 Å². The highest BCUT2D eigenvalue weighted by Crippen LogP contribution is 2.55. The molecular formula is C20H25NO3. The molecule has 0 spiro atoms. The van der Waals surface area contributed by atoms with Gasteiger partial charge in [-0.25, -0.2) is 0 Å². The molecule has 0 aromatic heterocycles. The van der Waals surface area contributed by atoms with Crippen LogP contribution in [0.15, 0.2) is 24.3 Å². The maximum absolute atomic E-state index is 12.4. The van der Waals surface area contributed by atoms with Crippen molar-refractivity contribution in [2.24, 2.45) is 17.8 Å². The molecule has 0 radical (unpaired) electrons. The molecule has 0 heterocycles. The lowest BCUT2D eigenvalue weighted by Gasteiger charge is -2.56. The molecule has 4 nitrogen and oxygen atoms in total. The van der Waals surface area contributed by atoms with E-state index in [4.69, 9.17) is 4.74 Å². The Balaban J connectivity index is 1.43. The number of hydrogen-bond acceptors (Lipinski definition) is 3. The topological polar surface area (TPSA) is 58.6 Å². The maximum atomic E-state index is 12.4. The van der Waals surface area contributed by atoms with Gasteiger partial charge in [-0.05, 0) is 80.1 Å². The molecule has 4 heteroatoms. The van der Waals surface area contributed by atoms with Crippen molar-refractivity contribution in [1.82, 2.24) is 5.32 Å². The third-order valence-corrected chi connectivity index (χ3v) is 6.06. The molecule has 0 aliphatic heterocycles. The Bertz CT molecular complexity index is 644. The van der Waals surface area contributed by atoms with E-state index in [1.54, 1.807) is 30.4 Å². The summed E-state index contributed by atoms with van der Waals surface area (Å²) in [5, 5.41) is 13.0. The zero-order valence-corrected chi connectivity index (χ0v) is 14.1. The van der Waals surface area contributed by atoms with Crippen LogP contribution in [0.5, 0.6) is 11.5 Å². The number of ether oxygens (including phenoxy) is 1. The fourth-order valence-electron chi connectivity index (χ4n) is 5.54. The number of phenols is 1. The molecule has 1 aromatic carbocycles. The Hall–Kier alpha value is -1.97. The van der Waals surface area contributed by atoms with Crippen molar-refractivity contribution >= 4 is 12.0 Å². The van der Waals surface area contributed by atoms with Crippen molar-refractivity contribution in [1.29, 1.82) is 0 Å². The normalized spacial score (nSPS) is 33.8. The summed E-state index contributed by atoms with van der Waals surface area (Å²) in [7, 11) is 1.52. The van der Waals surface area contributed by atoms with Crippen molar-refractivity contribution in [2.45, 2.75) is 44.1 Å². The Labute approximate surface area is 142 Å². The van der Waals surface area contributed by atoms with Gasteiger partial charge < -0.3 is 15.2 Å². The van der Waals surface area contributed by atoms with Gasteiger partial charge in [-0.2, -0.15) is 0 Å². The first-order chi connectivity index (χ1) is 11.5. The van der Waals surface area contributed by atoms with E-state index in [9.17, 15) is 9.90 Å². The fourth-order valence-corrected chi connectivity index (χ4v) is 5.54. The third kappa shape index (κ3) is 2.90. The molecule has 4 bridgehead atoms. The van der Waals surface area contributed by atoms with Gasteiger partial charge in [0.2, 0.25) is 5.91 Å². The first kappa shape index (κ1) is 15.6. The van der Waals surface area contributed by atoms with Gasteiger partial charge in [0.25, 0.3) is 0 Å². The molecule has 5 rings (SSSR count). The predicted octanol–water partition coefficient (Wildman–Crippen LogP) is 3.50. The van der Waals surface area contributed by atoms with E-state index in [0.29, 0.717) is 5.75 Å². The van der Waals surface area contributed by atoms with Crippen LogP contribution in [0, 0.1) is 17.8 Å². The zero-order chi connectivity index (χ0) is 16.7. The summed E-state index contributed by atoms with van der Waals surface area (Å²) < 4.78 is 5.10. The average molecular weight is 327 g/mol. The lowest BCUT2D eigenvalue weighted by molar-refractivity contribution is -0.122. The molecule has 0 unspecified atom stereocenters. The second kappa shape index (κ2) is 5.83. The molecule has 4 aliphatic rings. The van der Waals surface area contributed by atoms with Crippen LogP contribution in [0.1, 0.15) is 44.1 Å². The molecule has 24 heavy (non-hydrogen) atoms. The van der Waals surface area contributed by atoms with Crippen LogP contribution < -0.4 is 10.1 Å². The van der Waals surface area contributed by atoms with Gasteiger partial charge in [0.1, 0.15) is 0 Å². The molecule has 4 saturated carbocycles. The quantitative estimate of drug-likeness (QED) is 0.832. The van der Waals surface area contributed by atoms with E-state index < -0.39 is 0 Å². The van der Waals surface area contributed by atoms with Crippen molar-refractivity contribution < 1.29 is 14.6 Å². The maximum Gasteiger partial charge on any atom is 0.244 e. The summed E-state index contributed by atoms with van der Waals surface area (Å²) in [6.45, 7) is 0. The predicted molar refractivity (Wildman–Crippen MR) is 92.7 cm³/mol. The standard InChI is InChI=1S/C20H25NO3/c1-24-18-9-13(2-4-17(18)22)3-5-19(23)21-20-10-14-6-15(11-20)8-16(7-14)12-20/h2-5,9,14-16,22H,6-8,10-12H2,1H3,(H,21,23)/b5-3+. The number of benzene rings is 1. The Morgan fingerprint density at radius 1 is 1.21 bits per heavy atom. The third-order valence-electron chi connectivity index (χ3n) is 6.06. The first-order valence-electron chi connectivity index (χ1n) is 8.92. The number of nitrogens with one attached hydrogen (secondary N) is 1. The molecule has 2 N–H and O–H groups in total. The monoisotopic (exact) mass is 327 g/mol. The number of carbonyl (C=O) groups excluding carboxylic acids is 1. The summed E-state index contributed by atoms with van der Waals surface area (Å²) in [5.41, 5.74) is 0.883. The summed E-state index contributed by atoms with van der Waals surface area (Å²) in [5.74, 6) is 2.97. The lowest BCUT2D eigenvalue weighted by Crippen LogP contribution is -2.59.